The summed E-state index contributed by atoms with van der Waals surface area (Å²) >= 11 is 0. The Labute approximate surface area is 103 Å². The summed E-state index contributed by atoms with van der Waals surface area (Å²) in [6.07, 6.45) is 2.09. The molecular formula is C14H21NO2. The predicted octanol–water partition coefficient (Wildman–Crippen LogP) is 3.35. The number of ketones is 1. The summed E-state index contributed by atoms with van der Waals surface area (Å²) in [7, 11) is 0. The van der Waals surface area contributed by atoms with Gasteiger partial charge in [0.25, 0.3) is 0 Å². The van der Waals surface area contributed by atoms with E-state index in [1.54, 1.807) is 19.1 Å². The van der Waals surface area contributed by atoms with Gasteiger partial charge in [-0.15, -0.1) is 0 Å². The Morgan fingerprint density at radius 3 is 2.59 bits per heavy atom. The summed E-state index contributed by atoms with van der Waals surface area (Å²) in [5, 5.41) is 0. The predicted molar refractivity (Wildman–Crippen MR) is 69.2 cm³/mol. The van der Waals surface area contributed by atoms with Gasteiger partial charge in [0.2, 0.25) is 0 Å². The first-order valence-electron chi connectivity index (χ1n) is 6.00. The third kappa shape index (κ3) is 4.19. The van der Waals surface area contributed by atoms with Gasteiger partial charge in [0.1, 0.15) is 0 Å². The number of hydrogen-bond acceptors (Lipinski definition) is 3. The second kappa shape index (κ2) is 5.82. The molecule has 3 heteroatoms. The van der Waals surface area contributed by atoms with Crippen molar-refractivity contribution in [3.05, 3.63) is 29.8 Å². The number of Topliss-reactive ketones (excluding diaryl/α,β-unsaturated/α-hetero) is 1. The van der Waals surface area contributed by atoms with Gasteiger partial charge in [-0.1, -0.05) is 25.5 Å². The third-order valence-electron chi connectivity index (χ3n) is 2.58. The highest BCUT2D eigenvalue weighted by Gasteiger charge is 2.18. The molecule has 0 aliphatic carbocycles. The monoisotopic (exact) mass is 235 g/mol. The summed E-state index contributed by atoms with van der Waals surface area (Å²) in [6.45, 7) is 7.83. The highest BCUT2D eigenvalue weighted by molar-refractivity contribution is 5.96. The van der Waals surface area contributed by atoms with Crippen LogP contribution in [0.3, 0.4) is 0 Å². The van der Waals surface area contributed by atoms with Gasteiger partial charge in [-0.05, 0) is 39.3 Å². The molecule has 1 aromatic rings. The van der Waals surface area contributed by atoms with Crippen LogP contribution in [0.5, 0.6) is 5.75 Å². The molecule has 0 fully saturated rings. The van der Waals surface area contributed by atoms with Crippen molar-refractivity contribution in [1.82, 2.24) is 5.48 Å². The number of carbonyl (C=O) groups is 1. The van der Waals surface area contributed by atoms with Gasteiger partial charge < -0.3 is 4.84 Å². The Balaban J connectivity index is 2.72. The molecule has 0 aliphatic rings. The van der Waals surface area contributed by atoms with E-state index >= 15 is 0 Å². The molecule has 0 aliphatic heterocycles. The molecule has 0 heterocycles. The van der Waals surface area contributed by atoms with Crippen LogP contribution in [0.2, 0.25) is 0 Å². The van der Waals surface area contributed by atoms with Crippen molar-refractivity contribution < 1.29 is 9.63 Å². The molecule has 0 amide bonds. The number of carbonyl (C=O) groups excluding carboxylic acids is 1. The minimum Gasteiger partial charge on any atom is -0.407 e. The van der Waals surface area contributed by atoms with Gasteiger partial charge in [0, 0.05) is 5.54 Å². The Kier molecular flexibility index (Phi) is 4.70. The maximum Gasteiger partial charge on any atom is 0.163 e. The van der Waals surface area contributed by atoms with E-state index in [9.17, 15) is 4.79 Å². The Bertz CT molecular complexity index is 386. The molecule has 0 bridgehead atoms. The van der Waals surface area contributed by atoms with Gasteiger partial charge in [-0.2, -0.15) is 5.48 Å². The number of rotatable bonds is 6. The Morgan fingerprint density at radius 1 is 1.35 bits per heavy atom. The van der Waals surface area contributed by atoms with Crippen LogP contribution in [0.15, 0.2) is 24.3 Å². The van der Waals surface area contributed by atoms with E-state index in [0.29, 0.717) is 11.3 Å². The number of hydrogen-bond donors (Lipinski definition) is 1. The standard InChI is InChI=1S/C14H21NO2/c1-5-10-14(3,4)15-17-13-9-7-6-8-12(13)11(2)16/h6-9,15H,5,10H2,1-4H3. The van der Waals surface area contributed by atoms with Crippen molar-refractivity contribution in [2.45, 2.75) is 46.1 Å². The summed E-state index contributed by atoms with van der Waals surface area (Å²) < 4.78 is 0. The van der Waals surface area contributed by atoms with Gasteiger partial charge in [-0.25, -0.2) is 0 Å². The van der Waals surface area contributed by atoms with Gasteiger partial charge in [0.15, 0.2) is 11.5 Å². The largest absolute Gasteiger partial charge is 0.407 e. The smallest absolute Gasteiger partial charge is 0.163 e. The van der Waals surface area contributed by atoms with E-state index in [4.69, 9.17) is 4.84 Å². The maximum absolute atomic E-state index is 11.4. The molecule has 17 heavy (non-hydrogen) atoms. The van der Waals surface area contributed by atoms with Crippen LogP contribution in [0, 0.1) is 0 Å². The van der Waals surface area contributed by atoms with Gasteiger partial charge in [-0.3, -0.25) is 4.79 Å². The lowest BCUT2D eigenvalue weighted by molar-refractivity contribution is 0.0932. The van der Waals surface area contributed by atoms with E-state index in [1.165, 1.54) is 0 Å². The zero-order valence-corrected chi connectivity index (χ0v) is 11.0. The lowest BCUT2D eigenvalue weighted by Crippen LogP contribution is -2.41. The molecule has 0 radical (unpaired) electrons. The highest BCUT2D eigenvalue weighted by atomic mass is 16.6. The summed E-state index contributed by atoms with van der Waals surface area (Å²) in [5.74, 6) is 0.597. The number of nitrogens with one attached hydrogen (secondary N) is 1. The molecule has 0 unspecified atom stereocenters. The normalized spacial score (nSPS) is 11.3. The third-order valence-corrected chi connectivity index (χ3v) is 2.58. The molecular weight excluding hydrogens is 214 g/mol. The average molecular weight is 235 g/mol. The van der Waals surface area contributed by atoms with E-state index in [1.807, 2.05) is 12.1 Å². The van der Waals surface area contributed by atoms with Crippen molar-refractivity contribution in [3.63, 3.8) is 0 Å². The first-order valence-corrected chi connectivity index (χ1v) is 6.00. The quantitative estimate of drug-likeness (QED) is 0.607. The fourth-order valence-corrected chi connectivity index (χ4v) is 1.72. The summed E-state index contributed by atoms with van der Waals surface area (Å²) in [6, 6.07) is 7.26. The molecule has 0 saturated heterocycles. The van der Waals surface area contributed by atoms with Crippen molar-refractivity contribution >= 4 is 5.78 Å². The summed E-state index contributed by atoms with van der Waals surface area (Å²) in [4.78, 5) is 17.0. The van der Waals surface area contributed by atoms with Crippen LogP contribution in [0.4, 0.5) is 0 Å². The minimum absolute atomic E-state index is 0.00991. The SMILES string of the molecule is CCCC(C)(C)NOc1ccccc1C(C)=O. The second-order valence-electron chi connectivity index (χ2n) is 4.89. The van der Waals surface area contributed by atoms with Crippen molar-refractivity contribution in [3.8, 4) is 5.75 Å². The van der Waals surface area contributed by atoms with E-state index in [-0.39, 0.29) is 11.3 Å². The fourth-order valence-electron chi connectivity index (χ4n) is 1.72. The second-order valence-corrected chi connectivity index (χ2v) is 4.89. The van der Waals surface area contributed by atoms with Gasteiger partial charge >= 0.3 is 0 Å². The first kappa shape index (κ1) is 13.7. The zero-order valence-electron chi connectivity index (χ0n) is 11.0. The van der Waals surface area contributed by atoms with Crippen LogP contribution in [0.1, 0.15) is 50.9 Å². The molecule has 94 valence electrons. The molecule has 1 aromatic carbocycles. The number of para-hydroxylation sites is 1. The molecule has 0 saturated carbocycles. The molecule has 1 N–H and O–H groups in total. The van der Waals surface area contributed by atoms with Crippen LogP contribution in [-0.2, 0) is 0 Å². The van der Waals surface area contributed by atoms with Crippen molar-refractivity contribution in [1.29, 1.82) is 0 Å². The zero-order chi connectivity index (χ0) is 12.9. The Morgan fingerprint density at radius 2 is 2.00 bits per heavy atom. The van der Waals surface area contributed by atoms with E-state index in [2.05, 4.69) is 26.3 Å². The molecule has 0 spiro atoms. The van der Waals surface area contributed by atoms with E-state index in [0.717, 1.165) is 12.8 Å². The average Bonchev–Trinajstić information content (AvgIpc) is 2.27. The molecule has 0 atom stereocenters. The van der Waals surface area contributed by atoms with Crippen molar-refractivity contribution in [2.75, 3.05) is 0 Å². The van der Waals surface area contributed by atoms with Crippen LogP contribution in [0.25, 0.3) is 0 Å². The minimum atomic E-state index is -0.0986. The first-order chi connectivity index (χ1) is 7.96. The Hall–Kier alpha value is -1.35. The number of hydroxylamine groups is 1. The lowest BCUT2D eigenvalue weighted by atomic mass is 10.0. The molecule has 1 rings (SSSR count). The maximum atomic E-state index is 11.4. The topological polar surface area (TPSA) is 38.3 Å². The highest BCUT2D eigenvalue weighted by Crippen LogP contribution is 2.19. The summed E-state index contributed by atoms with van der Waals surface area (Å²) in [5.41, 5.74) is 3.52. The van der Waals surface area contributed by atoms with Gasteiger partial charge in [0.05, 0.1) is 5.56 Å². The fraction of sp³-hybridized carbons (Fsp3) is 0.500. The van der Waals surface area contributed by atoms with E-state index < -0.39 is 0 Å². The number of benzene rings is 1. The molecule has 3 nitrogen and oxygen atoms in total. The molecule has 0 aromatic heterocycles. The van der Waals surface area contributed by atoms with Crippen LogP contribution < -0.4 is 10.3 Å². The van der Waals surface area contributed by atoms with Crippen LogP contribution >= 0.6 is 0 Å². The van der Waals surface area contributed by atoms with Crippen molar-refractivity contribution in [2.24, 2.45) is 0 Å². The lowest BCUT2D eigenvalue weighted by Gasteiger charge is -2.25. The van der Waals surface area contributed by atoms with Crippen LogP contribution in [-0.4, -0.2) is 11.3 Å².